The van der Waals surface area contributed by atoms with Gasteiger partial charge in [0.05, 0.1) is 10.6 Å². The molecular weight excluding hydrogens is 433 g/mol. The van der Waals surface area contributed by atoms with E-state index in [1.54, 1.807) is 24.1 Å². The van der Waals surface area contributed by atoms with Crippen LogP contribution in [0.25, 0.3) is 0 Å². The Morgan fingerprint density at radius 1 is 1.10 bits per heavy atom. The number of hydrogen-bond acceptors (Lipinski definition) is 3. The van der Waals surface area contributed by atoms with E-state index in [-0.39, 0.29) is 22.8 Å². The van der Waals surface area contributed by atoms with Crippen molar-refractivity contribution >= 4 is 40.7 Å². The zero-order valence-corrected chi connectivity index (χ0v) is 19.7. The molecule has 1 aliphatic rings. The number of halogens is 2. The Kier molecular flexibility index (Phi) is 7.84. The minimum atomic E-state index is -0.664. The number of likely N-dealkylation sites (N-methyl/N-ethyl adjacent to an activating group) is 1. The standard InChI is InChI=1S/C24H29Cl2N3O2/c1-16(2)22(27-23(30)19-11-10-18(25)14-20(19)26)24(31)28(3)15-17-8-4-5-9-21(17)29-12-6-7-13-29/h4-5,8-11,14,16,22H,6-7,12-13,15H2,1-3H3,(H,27,30). The minimum absolute atomic E-state index is 0.0844. The van der Waals surface area contributed by atoms with E-state index in [0.717, 1.165) is 18.7 Å². The predicted octanol–water partition coefficient (Wildman–Crippen LogP) is 5.01. The second-order valence-electron chi connectivity index (χ2n) is 8.34. The van der Waals surface area contributed by atoms with Crippen LogP contribution in [0.3, 0.4) is 0 Å². The Hall–Kier alpha value is -2.24. The Bertz CT molecular complexity index is 942. The molecule has 2 aromatic carbocycles. The third-order valence-electron chi connectivity index (χ3n) is 5.62. The van der Waals surface area contributed by atoms with Crippen molar-refractivity contribution in [1.82, 2.24) is 10.2 Å². The minimum Gasteiger partial charge on any atom is -0.371 e. The van der Waals surface area contributed by atoms with E-state index in [1.165, 1.54) is 24.6 Å². The number of carbonyl (C=O) groups excluding carboxylic acids is 2. The molecule has 0 aliphatic carbocycles. The Balaban J connectivity index is 1.73. The molecule has 3 rings (SSSR count). The van der Waals surface area contributed by atoms with E-state index >= 15 is 0 Å². The molecule has 31 heavy (non-hydrogen) atoms. The van der Waals surface area contributed by atoms with E-state index in [1.807, 2.05) is 26.0 Å². The number of amides is 2. The van der Waals surface area contributed by atoms with E-state index in [0.29, 0.717) is 17.1 Å². The lowest BCUT2D eigenvalue weighted by Crippen LogP contribution is -2.50. The van der Waals surface area contributed by atoms with Crippen molar-refractivity contribution in [3.05, 3.63) is 63.6 Å². The van der Waals surface area contributed by atoms with Crippen molar-refractivity contribution in [2.24, 2.45) is 5.92 Å². The number of carbonyl (C=O) groups is 2. The van der Waals surface area contributed by atoms with Gasteiger partial charge in [-0.15, -0.1) is 0 Å². The lowest BCUT2D eigenvalue weighted by molar-refractivity contribution is -0.133. The summed E-state index contributed by atoms with van der Waals surface area (Å²) in [6.07, 6.45) is 2.38. The fourth-order valence-corrected chi connectivity index (χ4v) is 4.38. The van der Waals surface area contributed by atoms with Gasteiger partial charge in [-0.3, -0.25) is 9.59 Å². The summed E-state index contributed by atoms with van der Waals surface area (Å²) in [6, 6.07) is 12.2. The molecule has 1 heterocycles. The topological polar surface area (TPSA) is 52.7 Å². The molecule has 166 valence electrons. The first-order valence-corrected chi connectivity index (χ1v) is 11.4. The van der Waals surface area contributed by atoms with Gasteiger partial charge in [0.15, 0.2) is 0 Å². The van der Waals surface area contributed by atoms with Crippen molar-refractivity contribution in [2.75, 3.05) is 25.0 Å². The molecule has 1 fully saturated rings. The summed E-state index contributed by atoms with van der Waals surface area (Å²) in [6.45, 7) is 6.39. The molecule has 0 aromatic heterocycles. The Labute approximate surface area is 194 Å². The molecule has 7 heteroatoms. The van der Waals surface area contributed by atoms with Crippen LogP contribution in [0.1, 0.15) is 42.6 Å². The van der Waals surface area contributed by atoms with Crippen molar-refractivity contribution in [3.63, 3.8) is 0 Å². The van der Waals surface area contributed by atoms with Crippen LogP contribution in [0.2, 0.25) is 10.0 Å². The van der Waals surface area contributed by atoms with Gasteiger partial charge in [0, 0.05) is 37.4 Å². The van der Waals surface area contributed by atoms with Crippen LogP contribution in [0, 0.1) is 5.92 Å². The van der Waals surface area contributed by atoms with Crippen LogP contribution >= 0.6 is 23.2 Å². The van der Waals surface area contributed by atoms with Gasteiger partial charge in [-0.25, -0.2) is 0 Å². The Morgan fingerprint density at radius 3 is 2.42 bits per heavy atom. The molecule has 0 radical (unpaired) electrons. The summed E-state index contributed by atoms with van der Waals surface area (Å²) in [7, 11) is 1.78. The maximum Gasteiger partial charge on any atom is 0.253 e. The Morgan fingerprint density at radius 2 is 1.77 bits per heavy atom. The summed E-state index contributed by atoms with van der Waals surface area (Å²) >= 11 is 12.1. The molecule has 0 saturated carbocycles. The number of para-hydroxylation sites is 1. The monoisotopic (exact) mass is 461 g/mol. The molecule has 1 N–H and O–H groups in total. The average Bonchev–Trinajstić information content (AvgIpc) is 3.26. The third-order valence-corrected chi connectivity index (χ3v) is 6.16. The van der Waals surface area contributed by atoms with Crippen molar-refractivity contribution in [3.8, 4) is 0 Å². The highest BCUT2D eigenvalue weighted by atomic mass is 35.5. The smallest absolute Gasteiger partial charge is 0.253 e. The van der Waals surface area contributed by atoms with Crippen molar-refractivity contribution < 1.29 is 9.59 Å². The molecule has 1 unspecified atom stereocenters. The largest absolute Gasteiger partial charge is 0.371 e. The first-order chi connectivity index (χ1) is 14.8. The van der Waals surface area contributed by atoms with Crippen LogP contribution in [0.5, 0.6) is 0 Å². The predicted molar refractivity (Wildman–Crippen MR) is 127 cm³/mol. The van der Waals surface area contributed by atoms with Gasteiger partial charge in [0.2, 0.25) is 5.91 Å². The van der Waals surface area contributed by atoms with Crippen molar-refractivity contribution in [1.29, 1.82) is 0 Å². The average molecular weight is 462 g/mol. The zero-order valence-electron chi connectivity index (χ0n) is 18.2. The summed E-state index contributed by atoms with van der Waals surface area (Å²) < 4.78 is 0. The van der Waals surface area contributed by atoms with Gasteiger partial charge in [0.1, 0.15) is 6.04 Å². The molecule has 1 saturated heterocycles. The van der Waals surface area contributed by atoms with Crippen molar-refractivity contribution in [2.45, 2.75) is 39.3 Å². The quantitative estimate of drug-likeness (QED) is 0.630. The molecule has 1 atom stereocenters. The number of rotatable bonds is 7. The lowest BCUT2D eigenvalue weighted by atomic mass is 10.0. The summed E-state index contributed by atoms with van der Waals surface area (Å²) in [5, 5.41) is 3.57. The molecule has 0 spiro atoms. The van der Waals surface area contributed by atoms with Crippen LogP contribution < -0.4 is 10.2 Å². The second-order valence-corrected chi connectivity index (χ2v) is 9.18. The SMILES string of the molecule is CC(C)C(NC(=O)c1ccc(Cl)cc1Cl)C(=O)N(C)Cc1ccccc1N1CCCC1. The molecule has 0 bridgehead atoms. The van der Waals surface area contributed by atoms with Crippen LogP contribution in [0.15, 0.2) is 42.5 Å². The van der Waals surface area contributed by atoms with Gasteiger partial charge in [-0.2, -0.15) is 0 Å². The van der Waals surface area contributed by atoms with E-state index in [2.05, 4.69) is 22.3 Å². The molecule has 1 aliphatic heterocycles. The first-order valence-electron chi connectivity index (χ1n) is 10.6. The first kappa shape index (κ1) is 23.4. The highest BCUT2D eigenvalue weighted by molar-refractivity contribution is 6.36. The summed E-state index contributed by atoms with van der Waals surface area (Å²) in [4.78, 5) is 30.1. The fourth-order valence-electron chi connectivity index (χ4n) is 3.89. The number of anilines is 1. The lowest BCUT2D eigenvalue weighted by Gasteiger charge is -2.29. The van der Waals surface area contributed by atoms with Crippen LogP contribution in [-0.4, -0.2) is 42.9 Å². The number of benzene rings is 2. The maximum atomic E-state index is 13.3. The highest BCUT2D eigenvalue weighted by Crippen LogP contribution is 2.26. The fraction of sp³-hybridized carbons (Fsp3) is 0.417. The second kappa shape index (κ2) is 10.4. The molecular formula is C24H29Cl2N3O2. The van der Waals surface area contributed by atoms with Gasteiger partial charge < -0.3 is 15.1 Å². The maximum absolute atomic E-state index is 13.3. The van der Waals surface area contributed by atoms with Gasteiger partial charge in [-0.05, 0) is 48.6 Å². The summed E-state index contributed by atoms with van der Waals surface area (Å²) in [5.74, 6) is -0.608. The van der Waals surface area contributed by atoms with Gasteiger partial charge in [0.25, 0.3) is 5.91 Å². The normalized spacial score (nSPS) is 14.6. The third kappa shape index (κ3) is 5.72. The number of nitrogens with one attached hydrogen (secondary N) is 1. The molecule has 5 nitrogen and oxygen atoms in total. The van der Waals surface area contributed by atoms with Crippen LogP contribution in [0.4, 0.5) is 5.69 Å². The molecule has 2 amide bonds. The number of hydrogen-bond donors (Lipinski definition) is 1. The summed E-state index contributed by atoms with van der Waals surface area (Å²) in [5.41, 5.74) is 2.58. The van der Waals surface area contributed by atoms with E-state index < -0.39 is 6.04 Å². The van der Waals surface area contributed by atoms with E-state index in [4.69, 9.17) is 23.2 Å². The van der Waals surface area contributed by atoms with Gasteiger partial charge >= 0.3 is 0 Å². The number of nitrogens with zero attached hydrogens (tertiary/aromatic N) is 2. The zero-order chi connectivity index (χ0) is 22.5. The van der Waals surface area contributed by atoms with E-state index in [9.17, 15) is 9.59 Å². The van der Waals surface area contributed by atoms with Crippen LogP contribution in [-0.2, 0) is 11.3 Å². The molecule has 2 aromatic rings. The van der Waals surface area contributed by atoms with Gasteiger partial charge in [-0.1, -0.05) is 55.2 Å². The highest BCUT2D eigenvalue weighted by Gasteiger charge is 2.28.